The third-order valence-electron chi connectivity index (χ3n) is 3.88. The average Bonchev–Trinajstić information content (AvgIpc) is 2.77. The fourth-order valence-electron chi connectivity index (χ4n) is 2.65. The molecule has 20 heavy (non-hydrogen) atoms. The predicted molar refractivity (Wildman–Crippen MR) is 80.3 cm³/mol. The van der Waals surface area contributed by atoms with Crippen LogP contribution in [0.1, 0.15) is 11.1 Å². The van der Waals surface area contributed by atoms with E-state index in [0.717, 1.165) is 16.6 Å². The molecule has 0 saturated carbocycles. The summed E-state index contributed by atoms with van der Waals surface area (Å²) >= 11 is 0. The maximum atomic E-state index is 12.7. The minimum absolute atomic E-state index is 0.0277. The summed E-state index contributed by atoms with van der Waals surface area (Å²) in [5.74, 6) is 0.591. The molecule has 0 fully saturated rings. The largest absolute Gasteiger partial charge is 0.323 e. The molecule has 2 heterocycles. The first kappa shape index (κ1) is 11.2. The summed E-state index contributed by atoms with van der Waals surface area (Å²) < 4.78 is 1.66. The lowest BCUT2D eigenvalue weighted by atomic mass is 10.1. The van der Waals surface area contributed by atoms with Gasteiger partial charge in [-0.05, 0) is 49.2 Å². The number of aromatic amines is 1. The molecule has 4 aromatic rings. The fourth-order valence-corrected chi connectivity index (χ4v) is 2.65. The Morgan fingerprint density at radius 1 is 1.10 bits per heavy atom. The number of fused-ring (bicyclic) bond motifs is 4. The molecule has 4 nitrogen and oxygen atoms in total. The number of nitrogens with zero attached hydrogens (tertiary/aromatic N) is 2. The lowest BCUT2D eigenvalue weighted by Gasteiger charge is -2.01. The Kier molecular flexibility index (Phi) is 2.07. The second-order valence-corrected chi connectivity index (χ2v) is 5.17. The van der Waals surface area contributed by atoms with Gasteiger partial charge in [0, 0.05) is 0 Å². The number of rotatable bonds is 0. The van der Waals surface area contributed by atoms with E-state index in [4.69, 9.17) is 0 Å². The van der Waals surface area contributed by atoms with Crippen LogP contribution in [0.2, 0.25) is 0 Å². The summed E-state index contributed by atoms with van der Waals surface area (Å²) in [4.78, 5) is 20.4. The van der Waals surface area contributed by atoms with Crippen molar-refractivity contribution in [2.24, 2.45) is 0 Å². The monoisotopic (exact) mass is 263 g/mol. The van der Waals surface area contributed by atoms with Crippen molar-refractivity contribution >= 4 is 27.7 Å². The van der Waals surface area contributed by atoms with E-state index in [0.29, 0.717) is 11.2 Å². The highest BCUT2D eigenvalue weighted by Crippen LogP contribution is 2.20. The number of imidazole rings is 1. The topological polar surface area (TPSA) is 50.2 Å². The highest BCUT2D eigenvalue weighted by Gasteiger charge is 2.11. The average molecular weight is 263 g/mol. The fraction of sp³-hybridized carbons (Fsp3) is 0.125. The van der Waals surface area contributed by atoms with Crippen LogP contribution in [0, 0.1) is 13.8 Å². The Hall–Kier alpha value is -2.62. The maximum absolute atomic E-state index is 12.7. The molecule has 0 aliphatic rings. The molecule has 4 heteroatoms. The molecule has 4 rings (SSSR count). The van der Waals surface area contributed by atoms with E-state index in [9.17, 15) is 4.79 Å². The Morgan fingerprint density at radius 3 is 2.70 bits per heavy atom. The maximum Gasteiger partial charge on any atom is 0.267 e. The van der Waals surface area contributed by atoms with Gasteiger partial charge in [0.15, 0.2) is 0 Å². The van der Waals surface area contributed by atoms with E-state index in [-0.39, 0.29) is 5.56 Å². The number of H-pyrrole nitrogens is 1. The molecule has 0 saturated heterocycles. The molecule has 0 aliphatic heterocycles. The number of nitrogens with one attached hydrogen (secondary N) is 1. The van der Waals surface area contributed by atoms with Crippen LogP contribution in [-0.4, -0.2) is 14.4 Å². The van der Waals surface area contributed by atoms with Crippen LogP contribution in [0.25, 0.3) is 27.7 Å². The van der Waals surface area contributed by atoms with Crippen LogP contribution in [-0.2, 0) is 0 Å². The SMILES string of the molecule is Cc1cc2[nH]c3nc4ccccc4c(=O)n3c2cc1C. The first-order valence-corrected chi connectivity index (χ1v) is 6.55. The number of aromatic nitrogens is 3. The van der Waals surface area contributed by atoms with E-state index in [1.165, 1.54) is 11.1 Å². The quantitative estimate of drug-likeness (QED) is 0.530. The van der Waals surface area contributed by atoms with Crippen molar-refractivity contribution in [3.63, 3.8) is 0 Å². The summed E-state index contributed by atoms with van der Waals surface area (Å²) in [6.07, 6.45) is 0. The summed E-state index contributed by atoms with van der Waals surface area (Å²) in [6, 6.07) is 11.5. The van der Waals surface area contributed by atoms with Crippen molar-refractivity contribution in [2.45, 2.75) is 13.8 Å². The number of para-hydroxylation sites is 1. The van der Waals surface area contributed by atoms with Gasteiger partial charge in [0.1, 0.15) is 0 Å². The standard InChI is InChI=1S/C16H13N3O/c1-9-7-13-14(8-10(9)2)19-15(20)11-5-3-4-6-12(11)17-16(19)18-13/h3-8H,1-2H3,(H,17,18). The van der Waals surface area contributed by atoms with E-state index in [1.54, 1.807) is 4.40 Å². The highest BCUT2D eigenvalue weighted by molar-refractivity contribution is 5.85. The van der Waals surface area contributed by atoms with Crippen LogP contribution >= 0.6 is 0 Å². The Balaban J connectivity index is 2.32. The lowest BCUT2D eigenvalue weighted by Crippen LogP contribution is -2.13. The van der Waals surface area contributed by atoms with E-state index in [1.807, 2.05) is 37.3 Å². The minimum Gasteiger partial charge on any atom is -0.323 e. The van der Waals surface area contributed by atoms with E-state index < -0.39 is 0 Å². The molecule has 0 aliphatic carbocycles. The molecule has 2 aromatic heterocycles. The third kappa shape index (κ3) is 1.36. The molecule has 98 valence electrons. The zero-order valence-corrected chi connectivity index (χ0v) is 11.3. The Morgan fingerprint density at radius 2 is 1.85 bits per heavy atom. The van der Waals surface area contributed by atoms with Gasteiger partial charge in [-0.1, -0.05) is 12.1 Å². The first-order valence-electron chi connectivity index (χ1n) is 6.55. The van der Waals surface area contributed by atoms with Crippen molar-refractivity contribution in [3.8, 4) is 0 Å². The second kappa shape index (κ2) is 3.70. The third-order valence-corrected chi connectivity index (χ3v) is 3.88. The zero-order chi connectivity index (χ0) is 13.9. The van der Waals surface area contributed by atoms with E-state index in [2.05, 4.69) is 23.0 Å². The summed E-state index contributed by atoms with van der Waals surface area (Å²) in [6.45, 7) is 4.11. The highest BCUT2D eigenvalue weighted by atomic mass is 16.1. The van der Waals surface area contributed by atoms with Gasteiger partial charge < -0.3 is 4.98 Å². The number of hydrogen-bond acceptors (Lipinski definition) is 2. The summed E-state index contributed by atoms with van der Waals surface area (Å²) in [5, 5.41) is 0.643. The molecule has 1 N–H and O–H groups in total. The minimum atomic E-state index is -0.0277. The van der Waals surface area contributed by atoms with Crippen LogP contribution in [0.5, 0.6) is 0 Å². The van der Waals surface area contributed by atoms with Gasteiger partial charge >= 0.3 is 0 Å². The number of aryl methyl sites for hydroxylation is 2. The van der Waals surface area contributed by atoms with E-state index >= 15 is 0 Å². The normalized spacial score (nSPS) is 11.7. The van der Waals surface area contributed by atoms with Crippen molar-refractivity contribution in [1.29, 1.82) is 0 Å². The van der Waals surface area contributed by atoms with Crippen LogP contribution in [0.3, 0.4) is 0 Å². The van der Waals surface area contributed by atoms with Crippen LogP contribution < -0.4 is 5.56 Å². The van der Waals surface area contributed by atoms with Crippen molar-refractivity contribution in [1.82, 2.24) is 14.4 Å². The smallest absolute Gasteiger partial charge is 0.267 e. The predicted octanol–water partition coefficient (Wildman–Crippen LogP) is 2.95. The van der Waals surface area contributed by atoms with Gasteiger partial charge in [0.25, 0.3) is 5.56 Å². The van der Waals surface area contributed by atoms with Crippen molar-refractivity contribution < 1.29 is 0 Å². The second-order valence-electron chi connectivity index (χ2n) is 5.17. The summed E-state index contributed by atoms with van der Waals surface area (Å²) in [7, 11) is 0. The molecule has 0 radical (unpaired) electrons. The molecule has 2 aromatic carbocycles. The molecule has 0 bridgehead atoms. The molecular formula is C16H13N3O. The number of benzene rings is 2. The van der Waals surface area contributed by atoms with Gasteiger partial charge in [-0.2, -0.15) is 0 Å². The van der Waals surface area contributed by atoms with Crippen molar-refractivity contribution in [2.75, 3.05) is 0 Å². The molecular weight excluding hydrogens is 250 g/mol. The van der Waals surface area contributed by atoms with Gasteiger partial charge in [-0.3, -0.25) is 4.79 Å². The first-order chi connectivity index (χ1) is 9.65. The number of hydrogen-bond donors (Lipinski definition) is 1. The molecule has 0 unspecified atom stereocenters. The summed E-state index contributed by atoms with van der Waals surface area (Å²) in [5.41, 5.74) is 4.87. The molecule has 0 atom stereocenters. The Labute approximate surface area is 114 Å². The van der Waals surface area contributed by atoms with Crippen molar-refractivity contribution in [3.05, 3.63) is 57.9 Å². The van der Waals surface area contributed by atoms with Gasteiger partial charge in [0.05, 0.1) is 21.9 Å². The molecule has 0 spiro atoms. The molecule has 0 amide bonds. The van der Waals surface area contributed by atoms with Gasteiger partial charge in [0.2, 0.25) is 5.78 Å². The Bertz CT molecular complexity index is 1040. The van der Waals surface area contributed by atoms with Gasteiger partial charge in [-0.25, -0.2) is 9.38 Å². The lowest BCUT2D eigenvalue weighted by molar-refractivity contribution is 1.12. The van der Waals surface area contributed by atoms with Crippen LogP contribution in [0.15, 0.2) is 41.2 Å². The van der Waals surface area contributed by atoms with Gasteiger partial charge in [-0.15, -0.1) is 0 Å². The zero-order valence-electron chi connectivity index (χ0n) is 11.3. The van der Waals surface area contributed by atoms with Crippen LogP contribution in [0.4, 0.5) is 0 Å².